The van der Waals surface area contributed by atoms with Crippen molar-refractivity contribution >= 4 is 36.3 Å². The summed E-state index contributed by atoms with van der Waals surface area (Å²) < 4.78 is 10.1. The van der Waals surface area contributed by atoms with Gasteiger partial charge in [0.15, 0.2) is 0 Å². The maximum atomic E-state index is 11.1. The van der Waals surface area contributed by atoms with Crippen LogP contribution >= 0.6 is 0 Å². The Labute approximate surface area is 164 Å². The summed E-state index contributed by atoms with van der Waals surface area (Å²) in [5.41, 5.74) is 0. The average molecular weight is 400 g/mol. The van der Waals surface area contributed by atoms with Gasteiger partial charge in [-0.25, -0.2) is 9.59 Å². The van der Waals surface area contributed by atoms with Crippen LogP contribution in [0.25, 0.3) is 0 Å². The number of carbonyl (C=O) groups excluding carboxylic acids is 4. The zero-order chi connectivity index (χ0) is 21.4. The van der Waals surface area contributed by atoms with Crippen molar-refractivity contribution in [2.45, 2.75) is 53.4 Å². The van der Waals surface area contributed by atoms with E-state index < -0.39 is 23.9 Å². The number of esters is 2. The summed E-state index contributed by atoms with van der Waals surface area (Å²) in [4.78, 5) is 52.6. The second-order valence-corrected chi connectivity index (χ2v) is 6.13. The summed E-state index contributed by atoms with van der Waals surface area (Å²) in [6.45, 7) is 5.49. The number of nitrogens with zero attached hydrogens (tertiary/aromatic N) is 2. The topological polar surface area (TPSA) is 130 Å². The lowest BCUT2D eigenvalue weighted by Gasteiger charge is -2.19. The lowest BCUT2D eigenvalue weighted by Crippen LogP contribution is -2.18. The molecule has 0 aromatic carbocycles. The van der Waals surface area contributed by atoms with Gasteiger partial charge in [0.05, 0.1) is 13.2 Å². The van der Waals surface area contributed by atoms with Crippen molar-refractivity contribution in [1.29, 1.82) is 0 Å². The summed E-state index contributed by atoms with van der Waals surface area (Å²) in [5.74, 6) is -1.97. The van der Waals surface area contributed by atoms with E-state index in [1.165, 1.54) is 40.1 Å². The molecule has 10 nitrogen and oxygen atoms in total. The highest BCUT2D eigenvalue weighted by Gasteiger charge is 2.16. The van der Waals surface area contributed by atoms with Gasteiger partial charge < -0.3 is 19.1 Å². The van der Waals surface area contributed by atoms with E-state index >= 15 is 0 Å². The molecule has 10 heteroatoms. The molecule has 0 heterocycles. The van der Waals surface area contributed by atoms with Crippen LogP contribution in [0.1, 0.15) is 53.4 Å². The van der Waals surface area contributed by atoms with Crippen molar-refractivity contribution in [3.05, 3.63) is 0 Å². The number of hydrogen-bond donors (Lipinski definition) is 0. The number of carbonyl (C=O) groups is 4. The smallest absolute Gasteiger partial charge is 0.331 e. The highest BCUT2D eigenvalue weighted by molar-refractivity contribution is 5.68. The number of rotatable bonds is 13. The van der Waals surface area contributed by atoms with Crippen LogP contribution in [0.15, 0.2) is 10.3 Å². The first-order chi connectivity index (χ1) is 13.2. The molecule has 0 amide bonds. The first-order valence-electron chi connectivity index (χ1n) is 8.86. The predicted octanol–water partition coefficient (Wildman–Crippen LogP) is 2.00. The standard InChI is InChI=1S/C18H28N2O8/c1-13(21)25-11-17(7-9-19-27-15(3)23)5-6-18(12-26-14(2)22)8-10-20-28-16(4)24/h9-10,17-18H,5-8,11-12H2,1-4H3. The molecule has 0 aliphatic carbocycles. The van der Waals surface area contributed by atoms with Gasteiger partial charge in [0, 0.05) is 40.1 Å². The second kappa shape index (κ2) is 15.3. The van der Waals surface area contributed by atoms with Crippen LogP contribution in [-0.4, -0.2) is 49.5 Å². The second-order valence-electron chi connectivity index (χ2n) is 6.13. The van der Waals surface area contributed by atoms with Gasteiger partial charge in [-0.3, -0.25) is 9.59 Å². The van der Waals surface area contributed by atoms with Crippen LogP contribution in [0.4, 0.5) is 0 Å². The fourth-order valence-electron chi connectivity index (χ4n) is 2.09. The van der Waals surface area contributed by atoms with Crippen molar-refractivity contribution in [3.8, 4) is 0 Å². The van der Waals surface area contributed by atoms with Crippen molar-refractivity contribution in [3.63, 3.8) is 0 Å². The molecule has 0 bridgehead atoms. The fraction of sp³-hybridized carbons (Fsp3) is 0.667. The SMILES string of the molecule is CC(=O)OCC(CC=NOC(C)=O)CCC(CC=NOC(C)=O)COC(C)=O. The Bertz CT molecular complexity index is 524. The molecule has 0 saturated heterocycles. The molecule has 0 aliphatic heterocycles. The summed E-state index contributed by atoms with van der Waals surface area (Å²) in [7, 11) is 0. The Morgan fingerprint density at radius 3 is 1.32 bits per heavy atom. The monoisotopic (exact) mass is 400 g/mol. The highest BCUT2D eigenvalue weighted by Crippen LogP contribution is 2.19. The molecule has 0 fully saturated rings. The minimum Gasteiger partial charge on any atom is -0.466 e. The highest BCUT2D eigenvalue weighted by atomic mass is 16.7. The van der Waals surface area contributed by atoms with Crippen LogP contribution in [0, 0.1) is 11.8 Å². The first-order valence-corrected chi connectivity index (χ1v) is 8.86. The van der Waals surface area contributed by atoms with Crippen LogP contribution in [0.5, 0.6) is 0 Å². The van der Waals surface area contributed by atoms with Gasteiger partial charge >= 0.3 is 23.9 Å². The molecule has 0 aromatic rings. The summed E-state index contributed by atoms with van der Waals surface area (Å²) in [5, 5.41) is 7.10. The Morgan fingerprint density at radius 1 is 0.679 bits per heavy atom. The summed E-state index contributed by atoms with van der Waals surface area (Å²) >= 11 is 0. The number of hydrogen-bond acceptors (Lipinski definition) is 10. The molecule has 2 unspecified atom stereocenters. The maximum Gasteiger partial charge on any atom is 0.331 e. The normalized spacial score (nSPS) is 13.1. The van der Waals surface area contributed by atoms with Gasteiger partial charge in [-0.2, -0.15) is 0 Å². The van der Waals surface area contributed by atoms with Crippen molar-refractivity contribution in [2.75, 3.05) is 13.2 Å². The maximum absolute atomic E-state index is 11.1. The third kappa shape index (κ3) is 16.7. The molecule has 0 radical (unpaired) electrons. The van der Waals surface area contributed by atoms with Crippen molar-refractivity contribution in [2.24, 2.45) is 22.1 Å². The van der Waals surface area contributed by atoms with Gasteiger partial charge in [0.2, 0.25) is 0 Å². The minimum atomic E-state index is -0.527. The lowest BCUT2D eigenvalue weighted by atomic mass is 9.93. The lowest BCUT2D eigenvalue weighted by molar-refractivity contribution is -0.143. The van der Waals surface area contributed by atoms with E-state index in [9.17, 15) is 19.2 Å². The van der Waals surface area contributed by atoms with Crippen molar-refractivity contribution < 1.29 is 38.3 Å². The van der Waals surface area contributed by atoms with E-state index in [1.54, 1.807) is 0 Å². The third-order valence-corrected chi connectivity index (χ3v) is 3.42. The average Bonchev–Trinajstić information content (AvgIpc) is 2.59. The van der Waals surface area contributed by atoms with Gasteiger partial charge in [0.1, 0.15) is 0 Å². The molecule has 158 valence electrons. The Morgan fingerprint density at radius 2 is 1.04 bits per heavy atom. The van der Waals surface area contributed by atoms with E-state index in [2.05, 4.69) is 20.0 Å². The van der Waals surface area contributed by atoms with Crippen LogP contribution in [0.2, 0.25) is 0 Å². The molecule has 0 spiro atoms. The van der Waals surface area contributed by atoms with Crippen molar-refractivity contribution in [1.82, 2.24) is 0 Å². The molecular weight excluding hydrogens is 372 g/mol. The molecule has 0 saturated carbocycles. The van der Waals surface area contributed by atoms with Gasteiger partial charge in [-0.05, 0) is 37.5 Å². The predicted molar refractivity (Wildman–Crippen MR) is 99.2 cm³/mol. The van der Waals surface area contributed by atoms with E-state index in [0.717, 1.165) is 0 Å². The molecule has 0 aromatic heterocycles. The molecule has 0 aliphatic rings. The van der Waals surface area contributed by atoms with E-state index in [0.29, 0.717) is 25.7 Å². The largest absolute Gasteiger partial charge is 0.466 e. The van der Waals surface area contributed by atoms with E-state index in [-0.39, 0.29) is 25.0 Å². The zero-order valence-corrected chi connectivity index (χ0v) is 16.7. The Balaban J connectivity index is 4.73. The van der Waals surface area contributed by atoms with Crippen LogP contribution < -0.4 is 0 Å². The minimum absolute atomic E-state index is 0.0616. The first kappa shape index (κ1) is 25.2. The zero-order valence-electron chi connectivity index (χ0n) is 16.7. The van der Waals surface area contributed by atoms with Gasteiger partial charge in [-0.15, -0.1) is 0 Å². The van der Waals surface area contributed by atoms with Crippen LogP contribution in [-0.2, 0) is 38.3 Å². The fourth-order valence-corrected chi connectivity index (χ4v) is 2.09. The van der Waals surface area contributed by atoms with E-state index in [4.69, 9.17) is 9.47 Å². The number of oxime groups is 2. The molecule has 0 rings (SSSR count). The molecule has 28 heavy (non-hydrogen) atoms. The third-order valence-electron chi connectivity index (χ3n) is 3.42. The molecule has 2 atom stereocenters. The summed E-state index contributed by atoms with van der Waals surface area (Å²) in [6.07, 6.45) is 5.02. The van der Waals surface area contributed by atoms with Crippen LogP contribution in [0.3, 0.4) is 0 Å². The Hall–Kier alpha value is -2.78. The molecular formula is C18H28N2O8. The molecule has 0 N–H and O–H groups in total. The Kier molecular flexibility index (Phi) is 13.8. The quantitative estimate of drug-likeness (QED) is 0.199. The number of ether oxygens (including phenoxy) is 2. The van der Waals surface area contributed by atoms with E-state index in [1.807, 2.05) is 0 Å². The van der Waals surface area contributed by atoms with Gasteiger partial charge in [0.25, 0.3) is 0 Å². The summed E-state index contributed by atoms with van der Waals surface area (Å²) in [6, 6.07) is 0. The van der Waals surface area contributed by atoms with Gasteiger partial charge in [-0.1, -0.05) is 10.3 Å².